The minimum absolute atomic E-state index is 0.0875. The molecule has 2 saturated heterocycles. The van der Waals surface area contributed by atoms with E-state index in [1.54, 1.807) is 0 Å². The molecule has 2 amide bonds. The molecular weight excluding hydrogens is 570 g/mol. The Hall–Kier alpha value is -2.85. The summed E-state index contributed by atoms with van der Waals surface area (Å²) in [5, 5.41) is 102. The molecule has 3 rings (SSSR count). The van der Waals surface area contributed by atoms with Crippen LogP contribution in [0.3, 0.4) is 0 Å². The number of aromatic nitrogens is 3. The van der Waals surface area contributed by atoms with E-state index in [2.05, 4.69) is 20.9 Å². The molecule has 19 heteroatoms. The Labute approximate surface area is 238 Å². The third kappa shape index (κ3) is 7.19. The molecule has 0 bridgehead atoms. The van der Waals surface area contributed by atoms with Crippen molar-refractivity contribution in [1.29, 1.82) is 0 Å². The van der Waals surface area contributed by atoms with Gasteiger partial charge in [-0.2, -0.15) is 0 Å². The molecule has 0 aliphatic carbocycles. The Morgan fingerprint density at radius 3 is 2.40 bits per heavy atom. The van der Waals surface area contributed by atoms with Gasteiger partial charge in [-0.05, 0) is 12.8 Å². The van der Waals surface area contributed by atoms with E-state index in [1.165, 1.54) is 6.20 Å². The summed E-state index contributed by atoms with van der Waals surface area (Å²) < 4.78 is 11.7. The maximum atomic E-state index is 12.4. The van der Waals surface area contributed by atoms with Gasteiger partial charge in [-0.3, -0.25) is 9.59 Å². The van der Waals surface area contributed by atoms with Crippen molar-refractivity contribution in [3.05, 3.63) is 11.9 Å². The number of amides is 2. The Bertz CT molecular complexity index is 1090. The van der Waals surface area contributed by atoms with Crippen molar-refractivity contribution in [2.45, 2.75) is 99.4 Å². The van der Waals surface area contributed by atoms with E-state index in [1.807, 2.05) is 0 Å². The fourth-order valence-electron chi connectivity index (χ4n) is 4.85. The van der Waals surface area contributed by atoms with Crippen LogP contribution in [0.5, 0.6) is 0 Å². The molecule has 238 valence electrons. The lowest BCUT2D eigenvalue weighted by Gasteiger charge is -2.46. The van der Waals surface area contributed by atoms with Crippen molar-refractivity contribution >= 4 is 17.8 Å². The highest BCUT2D eigenvalue weighted by molar-refractivity contribution is 5.76. The lowest BCUT2D eigenvalue weighted by atomic mass is 9.87. The van der Waals surface area contributed by atoms with Gasteiger partial charge in [0, 0.05) is 19.8 Å². The van der Waals surface area contributed by atoms with Gasteiger partial charge in [-0.25, -0.2) is 9.48 Å². The smallest absolute Gasteiger partial charge is 0.359 e. The predicted octanol–water partition coefficient (Wildman–Crippen LogP) is -6.38. The third-order valence-electron chi connectivity index (χ3n) is 7.15. The van der Waals surface area contributed by atoms with Gasteiger partial charge in [0.1, 0.15) is 42.7 Å². The summed E-state index contributed by atoms with van der Waals surface area (Å²) >= 11 is 0. The van der Waals surface area contributed by atoms with E-state index in [-0.39, 0.29) is 25.0 Å². The molecule has 1 aromatic heterocycles. The van der Waals surface area contributed by atoms with Crippen LogP contribution in [-0.2, 0) is 36.0 Å². The zero-order valence-corrected chi connectivity index (χ0v) is 22.5. The van der Waals surface area contributed by atoms with E-state index >= 15 is 0 Å². The number of aliphatic hydroxyl groups excluding tert-OH is 8. The van der Waals surface area contributed by atoms with Crippen molar-refractivity contribution in [3.8, 4) is 0 Å². The summed E-state index contributed by atoms with van der Waals surface area (Å²) in [4.78, 5) is 36.5. The van der Waals surface area contributed by atoms with Gasteiger partial charge < -0.3 is 66.1 Å². The van der Waals surface area contributed by atoms with Crippen LogP contribution in [0, 0.1) is 0 Å². The molecule has 0 saturated carbocycles. The van der Waals surface area contributed by atoms with Gasteiger partial charge in [0.15, 0.2) is 6.23 Å². The summed E-state index contributed by atoms with van der Waals surface area (Å²) in [6, 6.07) is -1.35. The summed E-state index contributed by atoms with van der Waals surface area (Å²) in [5.74, 6) is -2.90. The average molecular weight is 608 g/mol. The number of aliphatic carboxylic acids is 1. The van der Waals surface area contributed by atoms with Crippen molar-refractivity contribution < 1.29 is 69.8 Å². The van der Waals surface area contributed by atoms with Crippen molar-refractivity contribution in [1.82, 2.24) is 25.6 Å². The minimum atomic E-state index is -2.44. The van der Waals surface area contributed by atoms with Crippen LogP contribution in [-0.4, -0.2) is 153 Å². The average Bonchev–Trinajstić information content (AvgIpc) is 3.42. The first kappa shape index (κ1) is 33.6. The second kappa shape index (κ2) is 14.1. The van der Waals surface area contributed by atoms with Gasteiger partial charge in [0.05, 0.1) is 37.3 Å². The molecule has 2 aliphatic rings. The van der Waals surface area contributed by atoms with Crippen LogP contribution in [0.25, 0.3) is 0 Å². The number of carboxylic acids is 1. The molecule has 11 atom stereocenters. The van der Waals surface area contributed by atoms with E-state index in [9.17, 15) is 60.3 Å². The standard InChI is InChI=1S/C23H37N5O14/c1-9(31)24-15-11(32)5-23(22(39)40,42-20(15)16(35)12(33)7-29)28-6-10(26-27-28)3-2-4-14(34)25-21-19(38)18(37)17(36)13(8-30)41-21/h6,11-13,15-21,29-30,32-33,35-38H,2-5,7-8H2,1H3,(H,24,31)(H,25,34)(H,39,40)/t11-,12+,13+,15+,16+,17-,18-,19+,20+,21+,23+/m0/s1. The molecule has 42 heavy (non-hydrogen) atoms. The molecular formula is C23H37N5O14. The number of hydrogen-bond donors (Lipinski definition) is 11. The summed E-state index contributed by atoms with van der Waals surface area (Å²) in [6.45, 7) is -0.478. The monoisotopic (exact) mass is 607 g/mol. The lowest BCUT2D eigenvalue weighted by molar-refractivity contribution is -0.258. The number of carbonyl (C=O) groups is 3. The number of rotatable bonds is 12. The molecule has 1 aromatic rings. The van der Waals surface area contributed by atoms with Crippen LogP contribution >= 0.6 is 0 Å². The molecule has 0 radical (unpaired) electrons. The quantitative estimate of drug-likeness (QED) is 0.105. The zero-order chi connectivity index (χ0) is 31.4. The highest BCUT2D eigenvalue weighted by atomic mass is 16.6. The fourth-order valence-corrected chi connectivity index (χ4v) is 4.85. The second-order valence-electron chi connectivity index (χ2n) is 10.2. The van der Waals surface area contributed by atoms with Crippen LogP contribution in [0.15, 0.2) is 6.20 Å². The molecule has 19 nitrogen and oxygen atoms in total. The largest absolute Gasteiger partial charge is 0.478 e. The number of nitrogens with zero attached hydrogens (tertiary/aromatic N) is 3. The number of aliphatic hydroxyl groups is 8. The normalized spacial score (nSPS) is 34.8. The van der Waals surface area contributed by atoms with Crippen molar-refractivity contribution in [3.63, 3.8) is 0 Å². The molecule has 0 spiro atoms. The number of hydrogen-bond acceptors (Lipinski definition) is 15. The maximum absolute atomic E-state index is 12.4. The molecule has 0 aromatic carbocycles. The van der Waals surface area contributed by atoms with Crippen molar-refractivity contribution in [2.75, 3.05) is 13.2 Å². The Balaban J connectivity index is 1.69. The Kier molecular flexibility index (Phi) is 11.3. The second-order valence-corrected chi connectivity index (χ2v) is 10.2. The SMILES string of the molecule is CC(=O)N[C@H]1[C@H]([C@H](O)[C@H](O)CO)O[C@](C(=O)O)(n2cc(CCCC(=O)N[C@@H]3O[C@H](CO)[C@H](O)[C@H](O)[C@H]3O)nn2)C[C@@H]1O. The Morgan fingerprint density at radius 2 is 1.81 bits per heavy atom. The van der Waals surface area contributed by atoms with E-state index in [0.717, 1.165) is 11.6 Å². The van der Waals surface area contributed by atoms with E-state index in [0.29, 0.717) is 0 Å². The van der Waals surface area contributed by atoms with Gasteiger partial charge in [-0.15, -0.1) is 5.10 Å². The minimum Gasteiger partial charge on any atom is -0.478 e. The zero-order valence-electron chi connectivity index (χ0n) is 22.5. The van der Waals surface area contributed by atoms with Gasteiger partial charge in [-0.1, -0.05) is 5.21 Å². The highest BCUT2D eigenvalue weighted by Gasteiger charge is 2.56. The highest BCUT2D eigenvalue weighted by Crippen LogP contribution is 2.36. The van der Waals surface area contributed by atoms with Crippen molar-refractivity contribution in [2.24, 2.45) is 0 Å². The molecule has 2 fully saturated rings. The van der Waals surface area contributed by atoms with Gasteiger partial charge in [0.25, 0.3) is 5.72 Å². The number of aryl methyl sites for hydroxylation is 1. The van der Waals surface area contributed by atoms with Gasteiger partial charge in [0.2, 0.25) is 11.8 Å². The van der Waals surface area contributed by atoms with E-state index < -0.39 is 104 Å². The topological polar surface area (TPSA) is 307 Å². The number of nitrogens with one attached hydrogen (secondary N) is 2. The number of ether oxygens (including phenoxy) is 2. The molecule has 11 N–H and O–H groups in total. The molecule has 2 aliphatic heterocycles. The predicted molar refractivity (Wildman–Crippen MR) is 133 cm³/mol. The fraction of sp³-hybridized carbons (Fsp3) is 0.783. The first-order valence-electron chi connectivity index (χ1n) is 13.1. The third-order valence-corrected chi connectivity index (χ3v) is 7.15. The van der Waals surface area contributed by atoms with Crippen LogP contribution in [0.4, 0.5) is 0 Å². The van der Waals surface area contributed by atoms with Crippen LogP contribution < -0.4 is 10.6 Å². The lowest BCUT2D eigenvalue weighted by Crippen LogP contribution is -2.67. The molecule has 0 unspecified atom stereocenters. The maximum Gasteiger partial charge on any atom is 0.359 e. The number of carboxylic acid groups (broad SMARTS) is 1. The van der Waals surface area contributed by atoms with Crippen LogP contribution in [0.1, 0.15) is 31.9 Å². The summed E-state index contributed by atoms with van der Waals surface area (Å²) in [6.07, 6.45) is -13.9. The Morgan fingerprint density at radius 1 is 1.12 bits per heavy atom. The molecule has 3 heterocycles. The first-order valence-corrected chi connectivity index (χ1v) is 13.1. The number of carbonyl (C=O) groups excluding carboxylic acids is 2. The van der Waals surface area contributed by atoms with Gasteiger partial charge >= 0.3 is 5.97 Å². The summed E-state index contributed by atoms with van der Waals surface area (Å²) in [7, 11) is 0. The summed E-state index contributed by atoms with van der Waals surface area (Å²) in [5.41, 5.74) is -2.24. The first-order chi connectivity index (χ1) is 19.7. The van der Waals surface area contributed by atoms with E-state index in [4.69, 9.17) is 9.47 Å². The van der Waals surface area contributed by atoms with Crippen LogP contribution in [0.2, 0.25) is 0 Å².